The molecule has 0 aromatic heterocycles. The Bertz CT molecular complexity index is 702. The summed E-state index contributed by atoms with van der Waals surface area (Å²) < 4.78 is 5.43. The largest absolute Gasteiger partial charge is 0.507 e. The standard InChI is InChI=1S/C21H29NO3/c1-6-16-18(21(16,4)5)20(24)17-14(3)19(23)13(2)11-15(17)12-22-7-9-25-10-8-22/h6,11,16,18,23H,1,7-10,12H2,2-5H3. The second kappa shape index (κ2) is 6.58. The molecule has 4 heteroatoms. The number of Topliss-reactive ketones (excluding diaryl/α,β-unsaturated/α-hetero) is 1. The second-order valence-electron chi connectivity index (χ2n) is 8.01. The molecule has 2 unspecified atom stereocenters. The van der Waals surface area contributed by atoms with E-state index in [2.05, 4.69) is 25.3 Å². The first kappa shape index (κ1) is 18.2. The van der Waals surface area contributed by atoms with Crippen LogP contribution in [0, 0.1) is 31.1 Å². The number of hydrogen-bond acceptors (Lipinski definition) is 4. The molecule has 1 N–H and O–H groups in total. The lowest BCUT2D eigenvalue weighted by Gasteiger charge is -2.28. The molecular formula is C21H29NO3. The number of hydrogen-bond donors (Lipinski definition) is 1. The Morgan fingerprint density at radius 1 is 1.40 bits per heavy atom. The van der Waals surface area contributed by atoms with Gasteiger partial charge in [0.2, 0.25) is 0 Å². The van der Waals surface area contributed by atoms with Gasteiger partial charge in [-0.15, -0.1) is 6.58 Å². The first-order chi connectivity index (χ1) is 11.8. The number of aromatic hydroxyl groups is 1. The topological polar surface area (TPSA) is 49.8 Å². The third-order valence-electron chi connectivity index (χ3n) is 6.01. The molecular weight excluding hydrogens is 314 g/mol. The van der Waals surface area contributed by atoms with E-state index < -0.39 is 0 Å². The zero-order chi connectivity index (χ0) is 18.4. The highest BCUT2D eigenvalue weighted by atomic mass is 16.5. The number of ketones is 1. The van der Waals surface area contributed by atoms with Gasteiger partial charge in [0.25, 0.3) is 0 Å². The highest BCUT2D eigenvalue weighted by Gasteiger charge is 2.60. The van der Waals surface area contributed by atoms with Crippen LogP contribution in [-0.2, 0) is 11.3 Å². The molecule has 2 aliphatic rings. The van der Waals surface area contributed by atoms with E-state index in [0.717, 1.165) is 44.0 Å². The molecule has 136 valence electrons. The van der Waals surface area contributed by atoms with Gasteiger partial charge in [0.1, 0.15) is 5.75 Å². The van der Waals surface area contributed by atoms with Crippen molar-refractivity contribution in [3.8, 4) is 5.75 Å². The molecule has 2 atom stereocenters. The number of phenols is 1. The van der Waals surface area contributed by atoms with Gasteiger partial charge in [-0.05, 0) is 36.3 Å². The number of rotatable bonds is 5. The Morgan fingerprint density at radius 2 is 2.04 bits per heavy atom. The van der Waals surface area contributed by atoms with Gasteiger partial charge in [-0.3, -0.25) is 9.69 Å². The summed E-state index contributed by atoms with van der Waals surface area (Å²) in [5.74, 6) is 0.543. The first-order valence-corrected chi connectivity index (χ1v) is 9.08. The van der Waals surface area contributed by atoms with E-state index in [1.54, 1.807) is 0 Å². The number of phenolic OH excluding ortho intramolecular Hbond substituents is 1. The number of aryl methyl sites for hydroxylation is 1. The highest BCUT2D eigenvalue weighted by molar-refractivity contribution is 6.03. The molecule has 0 bridgehead atoms. The van der Waals surface area contributed by atoms with Crippen LogP contribution in [0.4, 0.5) is 0 Å². The average Bonchev–Trinajstić information content (AvgIpc) is 3.14. The van der Waals surface area contributed by atoms with Crippen molar-refractivity contribution in [3.63, 3.8) is 0 Å². The molecule has 1 aromatic rings. The minimum absolute atomic E-state index is 0.0470. The molecule has 0 spiro atoms. The fourth-order valence-corrected chi connectivity index (χ4v) is 4.30. The summed E-state index contributed by atoms with van der Waals surface area (Å²) in [6.45, 7) is 15.8. The fourth-order valence-electron chi connectivity index (χ4n) is 4.30. The fraction of sp³-hybridized carbons (Fsp3) is 0.571. The number of carbonyl (C=O) groups is 1. The van der Waals surface area contributed by atoms with Crippen LogP contribution < -0.4 is 0 Å². The Hall–Kier alpha value is -1.65. The number of benzene rings is 1. The summed E-state index contributed by atoms with van der Waals surface area (Å²) in [4.78, 5) is 15.7. The number of allylic oxidation sites excluding steroid dienone is 1. The Morgan fingerprint density at radius 3 is 2.60 bits per heavy atom. The average molecular weight is 343 g/mol. The van der Waals surface area contributed by atoms with E-state index >= 15 is 0 Å². The Kier molecular flexibility index (Phi) is 4.78. The van der Waals surface area contributed by atoms with Gasteiger partial charge in [-0.2, -0.15) is 0 Å². The maximum absolute atomic E-state index is 13.3. The second-order valence-corrected chi connectivity index (χ2v) is 8.01. The molecule has 0 amide bonds. The van der Waals surface area contributed by atoms with Crippen molar-refractivity contribution in [2.24, 2.45) is 17.3 Å². The van der Waals surface area contributed by atoms with Gasteiger partial charge in [0.15, 0.2) is 5.78 Å². The lowest BCUT2D eigenvalue weighted by atomic mass is 9.90. The van der Waals surface area contributed by atoms with Gasteiger partial charge >= 0.3 is 0 Å². The van der Waals surface area contributed by atoms with Crippen molar-refractivity contribution < 1.29 is 14.6 Å². The summed E-state index contributed by atoms with van der Waals surface area (Å²) in [6, 6.07) is 1.98. The van der Waals surface area contributed by atoms with Crippen LogP contribution in [0.15, 0.2) is 18.7 Å². The zero-order valence-electron chi connectivity index (χ0n) is 15.8. The highest BCUT2D eigenvalue weighted by Crippen LogP contribution is 2.60. The molecule has 1 aliphatic carbocycles. The van der Waals surface area contributed by atoms with E-state index in [1.807, 2.05) is 26.0 Å². The lowest BCUT2D eigenvalue weighted by molar-refractivity contribution is 0.0340. The van der Waals surface area contributed by atoms with Crippen LogP contribution in [0.5, 0.6) is 5.75 Å². The van der Waals surface area contributed by atoms with E-state index in [-0.39, 0.29) is 28.8 Å². The van der Waals surface area contributed by atoms with Crippen molar-refractivity contribution in [1.29, 1.82) is 0 Å². The van der Waals surface area contributed by atoms with E-state index in [9.17, 15) is 9.90 Å². The molecule has 1 aliphatic heterocycles. The molecule has 0 radical (unpaired) electrons. The zero-order valence-corrected chi connectivity index (χ0v) is 15.8. The van der Waals surface area contributed by atoms with E-state index in [0.29, 0.717) is 11.1 Å². The summed E-state index contributed by atoms with van der Waals surface area (Å²) in [5, 5.41) is 10.4. The van der Waals surface area contributed by atoms with Gasteiger partial charge in [0.05, 0.1) is 13.2 Å². The maximum atomic E-state index is 13.3. The van der Waals surface area contributed by atoms with Crippen LogP contribution in [0.25, 0.3) is 0 Å². The minimum atomic E-state index is -0.0536. The molecule has 1 saturated carbocycles. The summed E-state index contributed by atoms with van der Waals surface area (Å²) in [6.07, 6.45) is 1.90. The van der Waals surface area contributed by atoms with Crippen molar-refractivity contribution in [2.75, 3.05) is 26.3 Å². The van der Waals surface area contributed by atoms with Gasteiger partial charge in [-0.1, -0.05) is 26.0 Å². The Balaban J connectivity index is 1.97. The first-order valence-electron chi connectivity index (χ1n) is 9.08. The quantitative estimate of drug-likeness (QED) is 0.657. The molecule has 4 nitrogen and oxygen atoms in total. The predicted octanol–water partition coefficient (Wildman–Crippen LogP) is 3.48. The van der Waals surface area contributed by atoms with Crippen molar-refractivity contribution >= 4 is 5.78 Å². The lowest BCUT2D eigenvalue weighted by Crippen LogP contribution is -2.36. The normalized spacial score (nSPS) is 25.6. The maximum Gasteiger partial charge on any atom is 0.167 e. The minimum Gasteiger partial charge on any atom is -0.507 e. The molecule has 25 heavy (non-hydrogen) atoms. The number of ether oxygens (including phenoxy) is 1. The van der Waals surface area contributed by atoms with Crippen molar-refractivity contribution in [2.45, 2.75) is 34.2 Å². The summed E-state index contributed by atoms with van der Waals surface area (Å²) >= 11 is 0. The van der Waals surface area contributed by atoms with E-state index in [4.69, 9.17) is 4.74 Å². The monoisotopic (exact) mass is 343 g/mol. The SMILES string of the molecule is C=CC1C(C(=O)c2c(CN3CCOCC3)cc(C)c(O)c2C)C1(C)C. The summed E-state index contributed by atoms with van der Waals surface area (Å²) in [7, 11) is 0. The smallest absolute Gasteiger partial charge is 0.167 e. The van der Waals surface area contributed by atoms with Gasteiger partial charge in [-0.25, -0.2) is 0 Å². The van der Waals surface area contributed by atoms with Crippen LogP contribution in [0.1, 0.15) is 40.9 Å². The molecule has 1 saturated heterocycles. The summed E-state index contributed by atoms with van der Waals surface area (Å²) in [5.41, 5.74) is 3.20. The Labute approximate surface area is 150 Å². The van der Waals surface area contributed by atoms with E-state index in [1.165, 1.54) is 0 Å². The van der Waals surface area contributed by atoms with Crippen LogP contribution in [-0.4, -0.2) is 42.1 Å². The third kappa shape index (κ3) is 3.13. The van der Waals surface area contributed by atoms with Gasteiger partial charge in [0, 0.05) is 36.7 Å². The van der Waals surface area contributed by atoms with Crippen molar-refractivity contribution in [1.82, 2.24) is 4.90 Å². The predicted molar refractivity (Wildman–Crippen MR) is 99.0 cm³/mol. The number of nitrogens with zero attached hydrogens (tertiary/aromatic N) is 1. The molecule has 1 heterocycles. The molecule has 3 rings (SSSR count). The van der Waals surface area contributed by atoms with Crippen molar-refractivity contribution in [3.05, 3.63) is 41.0 Å². The van der Waals surface area contributed by atoms with Crippen LogP contribution >= 0.6 is 0 Å². The molecule has 1 aromatic carbocycles. The number of carbonyl (C=O) groups excluding carboxylic acids is 1. The van der Waals surface area contributed by atoms with Crippen LogP contribution in [0.2, 0.25) is 0 Å². The number of morpholine rings is 1. The third-order valence-corrected chi connectivity index (χ3v) is 6.01. The molecule has 2 fully saturated rings. The van der Waals surface area contributed by atoms with Gasteiger partial charge < -0.3 is 9.84 Å². The van der Waals surface area contributed by atoms with Crippen LogP contribution in [0.3, 0.4) is 0 Å².